The van der Waals surface area contributed by atoms with E-state index in [1.807, 2.05) is 6.07 Å². The van der Waals surface area contributed by atoms with Crippen LogP contribution in [0.25, 0.3) is 0 Å². The molecule has 0 aliphatic carbocycles. The maximum Gasteiger partial charge on any atom is 0.175 e. The molecule has 0 aliphatic heterocycles. The molecular formula is C11H16BrNO2. The van der Waals surface area contributed by atoms with E-state index < -0.39 is 0 Å². The molecule has 0 fully saturated rings. The molecule has 0 aromatic heterocycles. The molecule has 1 aromatic rings. The fraction of sp³-hybridized carbons (Fsp3) is 0.455. The zero-order valence-electron chi connectivity index (χ0n) is 9.26. The zero-order valence-corrected chi connectivity index (χ0v) is 10.8. The summed E-state index contributed by atoms with van der Waals surface area (Å²) in [5, 5.41) is 0. The predicted octanol–water partition coefficient (Wildman–Crippen LogP) is 2.49. The normalized spacial score (nSPS) is 10.2. The Bertz CT molecular complexity index is 353. The second-order valence-corrected chi connectivity index (χ2v) is 3.97. The van der Waals surface area contributed by atoms with E-state index >= 15 is 0 Å². The van der Waals surface area contributed by atoms with Crippen LogP contribution in [0, 0.1) is 0 Å². The van der Waals surface area contributed by atoms with Crippen LogP contribution in [0.4, 0.5) is 0 Å². The molecule has 2 N–H and O–H groups in total. The van der Waals surface area contributed by atoms with Gasteiger partial charge in [0.25, 0.3) is 0 Å². The van der Waals surface area contributed by atoms with Gasteiger partial charge in [-0.2, -0.15) is 0 Å². The number of benzene rings is 1. The Morgan fingerprint density at radius 1 is 1.27 bits per heavy atom. The molecule has 0 unspecified atom stereocenters. The van der Waals surface area contributed by atoms with Crippen LogP contribution < -0.4 is 15.2 Å². The fourth-order valence-corrected chi connectivity index (χ4v) is 2.29. The van der Waals surface area contributed by atoms with Crippen molar-refractivity contribution in [1.29, 1.82) is 0 Å². The monoisotopic (exact) mass is 273 g/mol. The van der Waals surface area contributed by atoms with Crippen molar-refractivity contribution in [1.82, 2.24) is 0 Å². The molecule has 0 radical (unpaired) electrons. The van der Waals surface area contributed by atoms with Crippen LogP contribution in [0.2, 0.25) is 0 Å². The molecule has 0 bridgehead atoms. The molecule has 3 nitrogen and oxygen atoms in total. The molecule has 0 saturated heterocycles. The Balaban J connectivity index is 3.44. The number of hydrogen-bond acceptors (Lipinski definition) is 3. The van der Waals surface area contributed by atoms with Gasteiger partial charge in [0.05, 0.1) is 18.7 Å². The van der Waals surface area contributed by atoms with Crippen molar-refractivity contribution >= 4 is 15.9 Å². The lowest BCUT2D eigenvalue weighted by atomic mass is 10.0. The van der Waals surface area contributed by atoms with E-state index in [0.29, 0.717) is 6.54 Å². The summed E-state index contributed by atoms with van der Waals surface area (Å²) in [5.74, 6) is 1.50. The van der Waals surface area contributed by atoms with E-state index in [1.54, 1.807) is 14.2 Å². The van der Waals surface area contributed by atoms with Gasteiger partial charge < -0.3 is 15.2 Å². The highest BCUT2D eigenvalue weighted by Crippen LogP contribution is 2.40. The number of rotatable bonds is 4. The Morgan fingerprint density at radius 3 is 2.27 bits per heavy atom. The van der Waals surface area contributed by atoms with E-state index in [-0.39, 0.29) is 0 Å². The lowest BCUT2D eigenvalue weighted by Gasteiger charge is -2.16. The minimum absolute atomic E-state index is 0.502. The lowest BCUT2D eigenvalue weighted by molar-refractivity contribution is 0.349. The molecule has 0 aliphatic rings. The number of methoxy groups -OCH3 is 2. The van der Waals surface area contributed by atoms with Crippen LogP contribution in [-0.2, 0) is 13.0 Å². The van der Waals surface area contributed by atoms with Gasteiger partial charge in [-0.25, -0.2) is 0 Å². The van der Waals surface area contributed by atoms with E-state index in [4.69, 9.17) is 15.2 Å². The largest absolute Gasteiger partial charge is 0.493 e. The first kappa shape index (κ1) is 12.3. The van der Waals surface area contributed by atoms with Crippen molar-refractivity contribution in [3.63, 3.8) is 0 Å². The Morgan fingerprint density at radius 2 is 1.87 bits per heavy atom. The third-order valence-electron chi connectivity index (χ3n) is 2.37. The van der Waals surface area contributed by atoms with Crippen LogP contribution in [0.15, 0.2) is 10.5 Å². The molecular weight excluding hydrogens is 258 g/mol. The number of nitrogens with two attached hydrogens (primary N) is 1. The summed E-state index contributed by atoms with van der Waals surface area (Å²) in [5.41, 5.74) is 7.89. The van der Waals surface area contributed by atoms with Crippen LogP contribution in [-0.4, -0.2) is 14.2 Å². The molecule has 0 spiro atoms. The van der Waals surface area contributed by atoms with Crippen LogP contribution in [0.1, 0.15) is 18.1 Å². The van der Waals surface area contributed by atoms with Gasteiger partial charge in [0.15, 0.2) is 11.5 Å². The topological polar surface area (TPSA) is 44.5 Å². The van der Waals surface area contributed by atoms with Crippen LogP contribution >= 0.6 is 15.9 Å². The summed E-state index contributed by atoms with van der Waals surface area (Å²) in [4.78, 5) is 0. The third kappa shape index (κ3) is 2.26. The number of ether oxygens (including phenoxy) is 2. The van der Waals surface area contributed by atoms with Gasteiger partial charge in [-0.15, -0.1) is 0 Å². The van der Waals surface area contributed by atoms with Crippen molar-refractivity contribution in [3.8, 4) is 11.5 Å². The molecule has 0 amide bonds. The van der Waals surface area contributed by atoms with Crippen molar-refractivity contribution in [2.24, 2.45) is 5.73 Å². The molecule has 1 rings (SSSR count). The minimum Gasteiger partial charge on any atom is -0.493 e. The molecule has 1 aromatic carbocycles. The summed E-state index contributed by atoms with van der Waals surface area (Å²) in [6.07, 6.45) is 0.874. The lowest BCUT2D eigenvalue weighted by Crippen LogP contribution is -2.05. The van der Waals surface area contributed by atoms with Crippen molar-refractivity contribution in [2.75, 3.05) is 14.2 Å². The van der Waals surface area contributed by atoms with Gasteiger partial charge in [0.2, 0.25) is 0 Å². The van der Waals surface area contributed by atoms with Crippen molar-refractivity contribution < 1.29 is 9.47 Å². The number of halogens is 1. The van der Waals surface area contributed by atoms with E-state index in [1.165, 1.54) is 0 Å². The van der Waals surface area contributed by atoms with Crippen LogP contribution in [0.5, 0.6) is 11.5 Å². The summed E-state index contributed by atoms with van der Waals surface area (Å²) < 4.78 is 11.5. The van der Waals surface area contributed by atoms with E-state index in [0.717, 1.165) is 33.5 Å². The first-order chi connectivity index (χ1) is 7.19. The van der Waals surface area contributed by atoms with Gasteiger partial charge in [-0.1, -0.05) is 6.92 Å². The Labute approximate surface area is 98.7 Å². The second kappa shape index (κ2) is 5.37. The average molecular weight is 274 g/mol. The van der Waals surface area contributed by atoms with Gasteiger partial charge in [0.1, 0.15) is 0 Å². The minimum atomic E-state index is 0.502. The van der Waals surface area contributed by atoms with E-state index in [9.17, 15) is 0 Å². The Hall–Kier alpha value is -0.740. The quantitative estimate of drug-likeness (QED) is 0.917. The average Bonchev–Trinajstić information content (AvgIpc) is 2.27. The molecule has 0 heterocycles. The first-order valence-corrected chi connectivity index (χ1v) is 5.61. The molecule has 15 heavy (non-hydrogen) atoms. The molecule has 0 saturated carbocycles. The Kier molecular flexibility index (Phi) is 4.42. The fourth-order valence-electron chi connectivity index (χ4n) is 1.67. The van der Waals surface area contributed by atoms with Crippen LogP contribution in [0.3, 0.4) is 0 Å². The highest BCUT2D eigenvalue weighted by molar-refractivity contribution is 9.10. The van der Waals surface area contributed by atoms with Gasteiger partial charge in [-0.05, 0) is 34.0 Å². The predicted molar refractivity (Wildman–Crippen MR) is 64.5 cm³/mol. The first-order valence-electron chi connectivity index (χ1n) is 4.81. The zero-order chi connectivity index (χ0) is 11.4. The second-order valence-electron chi connectivity index (χ2n) is 3.12. The summed E-state index contributed by atoms with van der Waals surface area (Å²) in [6.45, 7) is 2.58. The SMILES string of the molecule is CCc1c(CN)cc(Br)c(OC)c1OC. The van der Waals surface area contributed by atoms with Gasteiger partial charge >= 0.3 is 0 Å². The summed E-state index contributed by atoms with van der Waals surface area (Å²) in [6, 6.07) is 1.99. The highest BCUT2D eigenvalue weighted by Gasteiger charge is 2.16. The van der Waals surface area contributed by atoms with Crippen molar-refractivity contribution in [3.05, 3.63) is 21.7 Å². The van der Waals surface area contributed by atoms with Gasteiger partial charge in [0, 0.05) is 12.1 Å². The summed E-state index contributed by atoms with van der Waals surface area (Å²) in [7, 11) is 3.27. The van der Waals surface area contributed by atoms with Gasteiger partial charge in [-0.3, -0.25) is 0 Å². The molecule has 0 atom stereocenters. The highest BCUT2D eigenvalue weighted by atomic mass is 79.9. The molecule has 84 valence electrons. The maximum atomic E-state index is 5.69. The molecule has 4 heteroatoms. The standard InChI is InChI=1S/C11H16BrNO2/c1-4-8-7(6-13)5-9(12)11(15-3)10(8)14-2/h5H,4,6,13H2,1-3H3. The summed E-state index contributed by atoms with van der Waals surface area (Å²) >= 11 is 3.44. The smallest absolute Gasteiger partial charge is 0.175 e. The van der Waals surface area contributed by atoms with Crippen molar-refractivity contribution in [2.45, 2.75) is 19.9 Å². The third-order valence-corrected chi connectivity index (χ3v) is 2.96. The maximum absolute atomic E-state index is 5.69. The number of hydrogen-bond donors (Lipinski definition) is 1. The van der Waals surface area contributed by atoms with E-state index in [2.05, 4.69) is 22.9 Å².